The molecule has 1 rings (SSSR count). The zero-order valence-corrected chi connectivity index (χ0v) is 14.4. The van der Waals surface area contributed by atoms with E-state index in [0.717, 1.165) is 25.0 Å². The zero-order chi connectivity index (χ0) is 14.5. The van der Waals surface area contributed by atoms with Gasteiger partial charge in [-0.3, -0.25) is 4.79 Å². The second-order valence-electron chi connectivity index (χ2n) is 5.87. The predicted octanol–water partition coefficient (Wildman–Crippen LogP) is 3.42. The molecule has 6 heteroatoms. The van der Waals surface area contributed by atoms with E-state index in [1.54, 1.807) is 0 Å². The Morgan fingerprint density at radius 2 is 2.16 bits per heavy atom. The third-order valence-electron chi connectivity index (χ3n) is 2.57. The zero-order valence-electron chi connectivity index (χ0n) is 12.0. The van der Waals surface area contributed by atoms with E-state index in [1.807, 2.05) is 0 Å². The first-order valence-corrected chi connectivity index (χ1v) is 8.26. The normalized spacial score (nSPS) is 13.3. The van der Waals surface area contributed by atoms with Crippen LogP contribution in [0.3, 0.4) is 0 Å². The third kappa shape index (κ3) is 5.99. The van der Waals surface area contributed by atoms with E-state index < -0.39 is 0 Å². The van der Waals surface area contributed by atoms with E-state index in [4.69, 9.17) is 0 Å². The number of alkyl halides is 1. The molecule has 0 fully saturated rings. The molecule has 0 aromatic carbocycles. The quantitative estimate of drug-likeness (QED) is 0.802. The summed E-state index contributed by atoms with van der Waals surface area (Å²) in [5.74, 6) is -0.0585. The Morgan fingerprint density at radius 1 is 1.47 bits per heavy atom. The van der Waals surface area contributed by atoms with Gasteiger partial charge in [-0.2, -0.15) is 0 Å². The van der Waals surface area contributed by atoms with Crippen molar-refractivity contribution in [2.75, 3.05) is 6.54 Å². The van der Waals surface area contributed by atoms with Crippen LogP contribution in [-0.4, -0.2) is 26.9 Å². The van der Waals surface area contributed by atoms with Crippen molar-refractivity contribution in [1.29, 1.82) is 0 Å². The van der Waals surface area contributed by atoms with Crippen molar-refractivity contribution in [1.82, 2.24) is 14.9 Å². The molecular formula is C13H22BrN3OS. The molecule has 1 heterocycles. The van der Waals surface area contributed by atoms with Crippen LogP contribution < -0.4 is 5.32 Å². The molecule has 1 unspecified atom stereocenters. The summed E-state index contributed by atoms with van der Waals surface area (Å²) in [6.45, 7) is 9.26. The van der Waals surface area contributed by atoms with Gasteiger partial charge in [0.1, 0.15) is 4.88 Å². The Labute approximate surface area is 127 Å². The monoisotopic (exact) mass is 347 g/mol. The van der Waals surface area contributed by atoms with Crippen LogP contribution in [-0.2, 0) is 6.42 Å². The number of rotatable bonds is 6. The Bertz CT molecular complexity index is 414. The van der Waals surface area contributed by atoms with Crippen molar-refractivity contribution in [3.63, 3.8) is 0 Å². The molecule has 108 valence electrons. The first-order chi connectivity index (χ1) is 8.83. The third-order valence-corrected chi connectivity index (χ3v) is 3.98. The first-order valence-electron chi connectivity index (χ1n) is 6.57. The lowest BCUT2D eigenvalue weighted by molar-refractivity contribution is 0.0955. The smallest absolute Gasteiger partial charge is 0.264 e. The topological polar surface area (TPSA) is 54.9 Å². The summed E-state index contributed by atoms with van der Waals surface area (Å²) in [6.07, 6.45) is 2.78. The summed E-state index contributed by atoms with van der Waals surface area (Å²) < 4.78 is 3.87. The summed E-state index contributed by atoms with van der Waals surface area (Å²) in [6, 6.07) is 0. The van der Waals surface area contributed by atoms with Gasteiger partial charge in [-0.15, -0.1) is 5.10 Å². The molecule has 0 aliphatic carbocycles. The van der Waals surface area contributed by atoms with E-state index in [1.165, 1.54) is 11.5 Å². The van der Waals surface area contributed by atoms with Crippen LogP contribution in [0.2, 0.25) is 0 Å². The second-order valence-corrected chi connectivity index (χ2v) is 7.92. The summed E-state index contributed by atoms with van der Waals surface area (Å²) in [5.41, 5.74) is 1.06. The molecule has 0 aliphatic heterocycles. The van der Waals surface area contributed by atoms with Crippen LogP contribution in [0.15, 0.2) is 0 Å². The van der Waals surface area contributed by atoms with Gasteiger partial charge in [-0.05, 0) is 29.8 Å². The molecule has 4 nitrogen and oxygen atoms in total. The van der Waals surface area contributed by atoms with Crippen LogP contribution in [0.4, 0.5) is 0 Å². The van der Waals surface area contributed by atoms with Crippen molar-refractivity contribution < 1.29 is 4.79 Å². The summed E-state index contributed by atoms with van der Waals surface area (Å²) >= 11 is 4.79. The van der Waals surface area contributed by atoms with Gasteiger partial charge in [-0.1, -0.05) is 54.5 Å². The van der Waals surface area contributed by atoms with Crippen molar-refractivity contribution in [2.45, 2.75) is 51.8 Å². The summed E-state index contributed by atoms with van der Waals surface area (Å²) in [4.78, 5) is 13.0. The number of nitrogens with one attached hydrogen (secondary N) is 1. The highest BCUT2D eigenvalue weighted by Gasteiger charge is 2.19. The fourth-order valence-electron chi connectivity index (χ4n) is 1.80. The number of carbonyl (C=O) groups excluding carboxylic acids is 1. The number of halogens is 1. The average Bonchev–Trinajstić information content (AvgIpc) is 2.72. The molecule has 0 radical (unpaired) electrons. The number of amides is 1. The number of hydrogen-bond donors (Lipinski definition) is 1. The molecule has 1 aromatic rings. The van der Waals surface area contributed by atoms with Gasteiger partial charge in [0, 0.05) is 11.4 Å². The van der Waals surface area contributed by atoms with Gasteiger partial charge >= 0.3 is 0 Å². The van der Waals surface area contributed by atoms with Crippen LogP contribution >= 0.6 is 27.5 Å². The maximum Gasteiger partial charge on any atom is 0.264 e. The number of nitrogens with zero attached hydrogens (tertiary/aromatic N) is 2. The molecular weight excluding hydrogens is 326 g/mol. The Morgan fingerprint density at radius 3 is 2.74 bits per heavy atom. The second kappa shape index (κ2) is 7.33. The molecule has 0 saturated carbocycles. The van der Waals surface area contributed by atoms with Crippen molar-refractivity contribution in [3.8, 4) is 0 Å². The molecule has 1 N–H and O–H groups in total. The highest BCUT2D eigenvalue weighted by molar-refractivity contribution is 9.09. The van der Waals surface area contributed by atoms with Crippen LogP contribution in [0, 0.1) is 5.41 Å². The molecule has 0 spiro atoms. The molecule has 19 heavy (non-hydrogen) atoms. The lowest BCUT2D eigenvalue weighted by atomic mass is 9.90. The fourth-order valence-corrected chi connectivity index (χ4v) is 3.56. The number of aryl methyl sites for hydroxylation is 1. The number of aromatic nitrogens is 2. The van der Waals surface area contributed by atoms with E-state index in [2.05, 4.69) is 58.5 Å². The molecule has 1 amide bonds. The van der Waals surface area contributed by atoms with E-state index in [-0.39, 0.29) is 16.1 Å². The van der Waals surface area contributed by atoms with Gasteiger partial charge < -0.3 is 5.32 Å². The van der Waals surface area contributed by atoms with Crippen molar-refractivity contribution in [2.24, 2.45) is 5.41 Å². The van der Waals surface area contributed by atoms with Crippen molar-refractivity contribution >= 4 is 33.4 Å². The highest BCUT2D eigenvalue weighted by atomic mass is 79.9. The van der Waals surface area contributed by atoms with Gasteiger partial charge in [0.15, 0.2) is 0 Å². The number of hydrogen-bond acceptors (Lipinski definition) is 4. The van der Waals surface area contributed by atoms with Crippen LogP contribution in [0.5, 0.6) is 0 Å². The van der Waals surface area contributed by atoms with Crippen molar-refractivity contribution in [3.05, 3.63) is 10.6 Å². The Hall–Kier alpha value is -0.490. The molecule has 0 bridgehead atoms. The maximum atomic E-state index is 12.1. The highest BCUT2D eigenvalue weighted by Crippen LogP contribution is 2.24. The first kappa shape index (κ1) is 16.6. The van der Waals surface area contributed by atoms with E-state index in [0.29, 0.717) is 11.4 Å². The standard InChI is InChI=1S/C13H22BrN3OS/c1-5-6-10-11(19-17-16-10)12(18)15-8-9(14)7-13(2,3)4/h9H,5-8H2,1-4H3,(H,15,18). The van der Waals surface area contributed by atoms with Gasteiger partial charge in [0.05, 0.1) is 5.69 Å². The Balaban J connectivity index is 2.49. The maximum absolute atomic E-state index is 12.1. The molecule has 1 atom stereocenters. The predicted molar refractivity (Wildman–Crippen MR) is 83.0 cm³/mol. The summed E-state index contributed by atoms with van der Waals surface area (Å²) in [7, 11) is 0. The minimum atomic E-state index is -0.0585. The van der Waals surface area contributed by atoms with Gasteiger partial charge in [-0.25, -0.2) is 0 Å². The SMILES string of the molecule is CCCc1nnsc1C(=O)NCC(Br)CC(C)(C)C. The van der Waals surface area contributed by atoms with Gasteiger partial charge in [0.25, 0.3) is 5.91 Å². The van der Waals surface area contributed by atoms with Crippen LogP contribution in [0.1, 0.15) is 55.9 Å². The van der Waals surface area contributed by atoms with E-state index in [9.17, 15) is 4.79 Å². The fraction of sp³-hybridized carbons (Fsp3) is 0.769. The minimum Gasteiger partial charge on any atom is -0.350 e. The van der Waals surface area contributed by atoms with Gasteiger partial charge in [0.2, 0.25) is 0 Å². The molecule has 1 aromatic heterocycles. The number of carbonyl (C=O) groups is 1. The molecule has 0 aliphatic rings. The lowest BCUT2D eigenvalue weighted by Gasteiger charge is -2.22. The van der Waals surface area contributed by atoms with E-state index >= 15 is 0 Å². The van der Waals surface area contributed by atoms with Crippen LogP contribution in [0.25, 0.3) is 0 Å². The average molecular weight is 348 g/mol. The molecule has 0 saturated heterocycles. The summed E-state index contributed by atoms with van der Waals surface area (Å²) in [5, 5.41) is 6.96. The minimum absolute atomic E-state index is 0.0585. The largest absolute Gasteiger partial charge is 0.350 e. The Kier molecular flexibility index (Phi) is 6.39. The lowest BCUT2D eigenvalue weighted by Crippen LogP contribution is -2.31.